The molecule has 1 amide bonds. The first-order chi connectivity index (χ1) is 12.3. The first kappa shape index (κ1) is 18.3. The summed E-state index contributed by atoms with van der Waals surface area (Å²) in [6.07, 6.45) is -4.84. The van der Waals surface area contributed by atoms with Crippen molar-refractivity contribution < 1.29 is 37.0 Å². The van der Waals surface area contributed by atoms with E-state index in [-0.39, 0.29) is 26.5 Å². The molecule has 0 N–H and O–H groups in total. The van der Waals surface area contributed by atoms with Crippen molar-refractivity contribution >= 4 is 11.9 Å². The zero-order valence-corrected chi connectivity index (χ0v) is 13.8. The Balaban J connectivity index is 1.40. The third kappa shape index (κ3) is 4.18. The molecule has 3 rings (SSSR count). The summed E-state index contributed by atoms with van der Waals surface area (Å²) in [5.74, 6) is -1.29. The lowest BCUT2D eigenvalue weighted by Crippen LogP contribution is -2.52. The minimum Gasteiger partial charge on any atom is -0.461 e. The van der Waals surface area contributed by atoms with E-state index in [0.29, 0.717) is 36.7 Å². The van der Waals surface area contributed by atoms with Gasteiger partial charge in [0.1, 0.15) is 6.61 Å². The Labute approximate surface area is 147 Å². The lowest BCUT2D eigenvalue weighted by molar-refractivity contribution is -0.187. The van der Waals surface area contributed by atoms with Crippen LogP contribution in [0.1, 0.15) is 10.4 Å². The lowest BCUT2D eigenvalue weighted by atomic mass is 10.2. The standard InChI is InChI=1S/C16H17F3N2O5/c17-16(18,19)15(23)21-5-3-20(4-6-21)7-8-24-14(22)11-1-2-12-13(9-11)26-10-25-12/h1-2,9H,3-8,10H2. The summed E-state index contributed by atoms with van der Waals surface area (Å²) < 4.78 is 52.7. The van der Waals surface area contributed by atoms with Gasteiger partial charge in [-0.3, -0.25) is 9.69 Å². The van der Waals surface area contributed by atoms with Crippen molar-refractivity contribution in [1.82, 2.24) is 9.80 Å². The lowest BCUT2D eigenvalue weighted by Gasteiger charge is -2.34. The van der Waals surface area contributed by atoms with Crippen LogP contribution in [0.25, 0.3) is 0 Å². The summed E-state index contributed by atoms with van der Waals surface area (Å²) in [5, 5.41) is 0. The molecule has 0 atom stereocenters. The number of carbonyl (C=O) groups is 2. The van der Waals surface area contributed by atoms with Crippen molar-refractivity contribution in [3.63, 3.8) is 0 Å². The number of nitrogens with zero attached hydrogens (tertiary/aromatic N) is 2. The van der Waals surface area contributed by atoms with E-state index in [2.05, 4.69) is 0 Å². The second-order valence-corrected chi connectivity index (χ2v) is 5.84. The summed E-state index contributed by atoms with van der Waals surface area (Å²) in [6, 6.07) is 4.72. The number of fused-ring (bicyclic) bond motifs is 1. The van der Waals surface area contributed by atoms with Gasteiger partial charge in [0.2, 0.25) is 6.79 Å². The van der Waals surface area contributed by atoms with Gasteiger partial charge in [-0.15, -0.1) is 0 Å². The molecule has 142 valence electrons. The van der Waals surface area contributed by atoms with Gasteiger partial charge in [-0.2, -0.15) is 13.2 Å². The van der Waals surface area contributed by atoms with Crippen molar-refractivity contribution in [2.45, 2.75) is 6.18 Å². The number of amides is 1. The van der Waals surface area contributed by atoms with Gasteiger partial charge in [0, 0.05) is 32.7 Å². The van der Waals surface area contributed by atoms with Crippen molar-refractivity contribution in [3.05, 3.63) is 23.8 Å². The van der Waals surface area contributed by atoms with Crippen LogP contribution >= 0.6 is 0 Å². The van der Waals surface area contributed by atoms with Crippen molar-refractivity contribution in [2.75, 3.05) is 46.1 Å². The van der Waals surface area contributed by atoms with Crippen LogP contribution in [0, 0.1) is 0 Å². The van der Waals surface area contributed by atoms with E-state index in [0.717, 1.165) is 4.90 Å². The zero-order chi connectivity index (χ0) is 18.7. The number of hydrogen-bond donors (Lipinski definition) is 0. The van der Waals surface area contributed by atoms with E-state index >= 15 is 0 Å². The average molecular weight is 374 g/mol. The Morgan fingerprint density at radius 1 is 1.08 bits per heavy atom. The van der Waals surface area contributed by atoms with E-state index in [1.54, 1.807) is 12.1 Å². The minimum absolute atomic E-state index is 0.00551. The van der Waals surface area contributed by atoms with Crippen molar-refractivity contribution in [1.29, 1.82) is 0 Å². The molecule has 0 spiro atoms. The Bertz CT molecular complexity index is 687. The molecule has 26 heavy (non-hydrogen) atoms. The fourth-order valence-electron chi connectivity index (χ4n) is 2.73. The molecule has 0 saturated carbocycles. The fraction of sp³-hybridized carbons (Fsp3) is 0.500. The Kier molecular flexibility index (Phi) is 5.21. The van der Waals surface area contributed by atoms with Crippen LogP contribution in [0.4, 0.5) is 13.2 Å². The summed E-state index contributed by atoms with van der Waals surface area (Å²) in [7, 11) is 0. The van der Waals surface area contributed by atoms with Gasteiger partial charge >= 0.3 is 18.1 Å². The fourth-order valence-corrected chi connectivity index (χ4v) is 2.73. The smallest absolute Gasteiger partial charge is 0.461 e. The molecule has 1 fully saturated rings. The monoisotopic (exact) mass is 374 g/mol. The number of ether oxygens (including phenoxy) is 3. The highest BCUT2D eigenvalue weighted by molar-refractivity contribution is 5.90. The molecule has 0 aromatic heterocycles. The van der Waals surface area contributed by atoms with Gasteiger partial charge in [0.15, 0.2) is 11.5 Å². The molecule has 0 aliphatic carbocycles. The number of piperazine rings is 1. The number of benzene rings is 1. The molecule has 1 saturated heterocycles. The largest absolute Gasteiger partial charge is 0.471 e. The van der Waals surface area contributed by atoms with E-state index in [9.17, 15) is 22.8 Å². The van der Waals surface area contributed by atoms with E-state index in [1.165, 1.54) is 6.07 Å². The molecule has 7 nitrogen and oxygen atoms in total. The number of alkyl halides is 3. The molecule has 0 bridgehead atoms. The molecule has 2 heterocycles. The van der Waals surface area contributed by atoms with Crippen LogP contribution in [0.15, 0.2) is 18.2 Å². The summed E-state index contributed by atoms with van der Waals surface area (Å²) in [5.41, 5.74) is 0.329. The maximum Gasteiger partial charge on any atom is 0.471 e. The highest BCUT2D eigenvalue weighted by atomic mass is 19.4. The van der Waals surface area contributed by atoms with Crippen LogP contribution in [-0.2, 0) is 9.53 Å². The molecule has 1 aromatic rings. The number of carbonyl (C=O) groups excluding carboxylic acids is 2. The molecule has 0 radical (unpaired) electrons. The molecule has 0 unspecified atom stereocenters. The van der Waals surface area contributed by atoms with Crippen LogP contribution < -0.4 is 9.47 Å². The van der Waals surface area contributed by atoms with Gasteiger partial charge in [0.05, 0.1) is 5.56 Å². The number of hydrogen-bond acceptors (Lipinski definition) is 6. The predicted molar refractivity (Wildman–Crippen MR) is 81.9 cm³/mol. The molecule has 10 heteroatoms. The molecule has 2 aliphatic rings. The molecular weight excluding hydrogens is 357 g/mol. The average Bonchev–Trinajstić information content (AvgIpc) is 3.08. The van der Waals surface area contributed by atoms with E-state index in [4.69, 9.17) is 14.2 Å². The molecular formula is C16H17F3N2O5. The first-order valence-electron chi connectivity index (χ1n) is 8.00. The van der Waals surface area contributed by atoms with Crippen LogP contribution in [0.5, 0.6) is 11.5 Å². The maximum absolute atomic E-state index is 12.4. The maximum atomic E-state index is 12.4. The van der Waals surface area contributed by atoms with Crippen LogP contribution in [-0.4, -0.2) is 74.0 Å². The quantitative estimate of drug-likeness (QED) is 0.740. The van der Waals surface area contributed by atoms with Gasteiger partial charge in [-0.1, -0.05) is 0 Å². The Hall–Kier alpha value is -2.49. The van der Waals surface area contributed by atoms with Gasteiger partial charge in [-0.25, -0.2) is 4.79 Å². The number of esters is 1. The minimum atomic E-state index is -4.84. The predicted octanol–water partition coefficient (Wildman–Crippen LogP) is 1.28. The van der Waals surface area contributed by atoms with Gasteiger partial charge in [-0.05, 0) is 18.2 Å². The highest BCUT2D eigenvalue weighted by Gasteiger charge is 2.43. The highest BCUT2D eigenvalue weighted by Crippen LogP contribution is 2.32. The summed E-state index contributed by atoms with van der Waals surface area (Å²) in [4.78, 5) is 25.8. The molecule has 2 aliphatic heterocycles. The number of halogens is 3. The zero-order valence-electron chi connectivity index (χ0n) is 13.8. The molecule has 1 aromatic carbocycles. The van der Waals surface area contributed by atoms with Crippen molar-refractivity contribution in [3.8, 4) is 11.5 Å². The second kappa shape index (κ2) is 7.40. The van der Waals surface area contributed by atoms with Gasteiger partial charge < -0.3 is 19.1 Å². The number of rotatable bonds is 4. The Morgan fingerprint density at radius 2 is 1.77 bits per heavy atom. The SMILES string of the molecule is O=C(OCCN1CCN(C(=O)C(F)(F)F)CC1)c1ccc2c(c1)OCO2. The first-order valence-corrected chi connectivity index (χ1v) is 8.00. The van der Waals surface area contributed by atoms with E-state index in [1.807, 2.05) is 4.90 Å². The normalized spacial score (nSPS) is 17.3. The topological polar surface area (TPSA) is 68.3 Å². The summed E-state index contributed by atoms with van der Waals surface area (Å²) in [6.45, 7) is 1.16. The third-order valence-corrected chi connectivity index (χ3v) is 4.15. The second-order valence-electron chi connectivity index (χ2n) is 5.84. The van der Waals surface area contributed by atoms with Gasteiger partial charge in [0.25, 0.3) is 0 Å². The van der Waals surface area contributed by atoms with Crippen LogP contribution in [0.2, 0.25) is 0 Å². The third-order valence-electron chi connectivity index (χ3n) is 4.15. The van der Waals surface area contributed by atoms with E-state index < -0.39 is 18.1 Å². The summed E-state index contributed by atoms with van der Waals surface area (Å²) >= 11 is 0. The van der Waals surface area contributed by atoms with Crippen LogP contribution in [0.3, 0.4) is 0 Å². The Morgan fingerprint density at radius 3 is 2.46 bits per heavy atom. The van der Waals surface area contributed by atoms with Crippen molar-refractivity contribution in [2.24, 2.45) is 0 Å².